The predicted octanol–water partition coefficient (Wildman–Crippen LogP) is 5.72. The minimum Gasteiger partial charge on any atom is -0.179 e. The molecule has 0 bridgehead atoms. The van der Waals surface area contributed by atoms with Gasteiger partial charge in [0.25, 0.3) is 0 Å². The Labute approximate surface area is 130 Å². The average Bonchev–Trinajstić information content (AvgIpc) is 2.88. The van der Waals surface area contributed by atoms with E-state index in [1.54, 1.807) is 12.8 Å². The highest BCUT2D eigenvalue weighted by Gasteiger charge is 2.58. The predicted molar refractivity (Wildman–Crippen MR) is 89.1 cm³/mol. The van der Waals surface area contributed by atoms with Gasteiger partial charge in [-0.15, -0.1) is 0 Å². The first-order chi connectivity index (χ1) is 9.70. The van der Waals surface area contributed by atoms with Crippen LogP contribution in [-0.4, -0.2) is 5.75 Å². The molecule has 4 saturated carbocycles. The number of hydrogen-bond acceptors (Lipinski definition) is 1. The summed E-state index contributed by atoms with van der Waals surface area (Å²) in [7, 11) is 0. The minimum absolute atomic E-state index is 0.647. The number of thiol groups is 1. The molecule has 0 spiro atoms. The topological polar surface area (TPSA) is 0 Å². The standard InChI is InChI=1S/C19H32S/c1-18-10-4-6-16(18)15-8-7-14-5-2-3-11-19(14,13-20)17(15)9-12-18/h14-17,20H,2-13H2,1H3/t14?,15-,16-,17+,18-,19+/m0/s1. The fourth-order valence-corrected chi connectivity index (χ4v) is 8.02. The van der Waals surface area contributed by atoms with E-state index >= 15 is 0 Å². The van der Waals surface area contributed by atoms with E-state index in [1.807, 2.05) is 0 Å². The van der Waals surface area contributed by atoms with Gasteiger partial charge in [-0.1, -0.05) is 26.2 Å². The van der Waals surface area contributed by atoms with Crippen molar-refractivity contribution in [3.63, 3.8) is 0 Å². The maximum Gasteiger partial charge on any atom is -0.00357 e. The lowest BCUT2D eigenvalue weighted by Crippen LogP contribution is -2.54. The summed E-state index contributed by atoms with van der Waals surface area (Å²) in [5, 5.41) is 0. The zero-order chi connectivity index (χ0) is 13.8. The zero-order valence-electron chi connectivity index (χ0n) is 13.2. The number of rotatable bonds is 1. The van der Waals surface area contributed by atoms with Crippen molar-refractivity contribution >= 4 is 12.6 Å². The SMILES string of the molecule is C[C@@]12CCC[C@H]1[C@@H]1CCC3CCCC[C@]3(CS)[C@@H]1CC2. The maximum absolute atomic E-state index is 4.91. The van der Waals surface area contributed by atoms with E-state index in [0.717, 1.165) is 29.1 Å². The van der Waals surface area contributed by atoms with Gasteiger partial charge in [-0.05, 0) is 91.6 Å². The van der Waals surface area contributed by atoms with Crippen molar-refractivity contribution in [3.05, 3.63) is 0 Å². The van der Waals surface area contributed by atoms with Crippen molar-refractivity contribution in [2.24, 2.45) is 34.5 Å². The molecular formula is C19H32S. The fraction of sp³-hybridized carbons (Fsp3) is 1.00. The van der Waals surface area contributed by atoms with Crippen LogP contribution < -0.4 is 0 Å². The Hall–Kier alpha value is 0.350. The molecule has 0 radical (unpaired) electrons. The molecule has 6 atom stereocenters. The van der Waals surface area contributed by atoms with E-state index in [-0.39, 0.29) is 0 Å². The first-order valence-electron chi connectivity index (χ1n) is 9.30. The lowest BCUT2D eigenvalue weighted by molar-refractivity contribution is -0.0998. The summed E-state index contributed by atoms with van der Waals surface area (Å²) in [6, 6.07) is 0. The highest BCUT2D eigenvalue weighted by Crippen LogP contribution is 2.66. The summed E-state index contributed by atoms with van der Waals surface area (Å²) in [5.41, 5.74) is 1.37. The summed E-state index contributed by atoms with van der Waals surface area (Å²) in [5.74, 6) is 5.39. The van der Waals surface area contributed by atoms with Gasteiger partial charge in [0.05, 0.1) is 0 Å². The number of hydrogen-bond donors (Lipinski definition) is 1. The quantitative estimate of drug-likeness (QED) is 0.587. The Morgan fingerprint density at radius 3 is 2.60 bits per heavy atom. The second-order valence-corrected chi connectivity index (χ2v) is 9.19. The van der Waals surface area contributed by atoms with Gasteiger partial charge in [-0.2, -0.15) is 12.6 Å². The number of fused-ring (bicyclic) bond motifs is 5. The van der Waals surface area contributed by atoms with Gasteiger partial charge < -0.3 is 0 Å². The molecule has 1 heteroatoms. The van der Waals surface area contributed by atoms with Crippen LogP contribution in [0.2, 0.25) is 0 Å². The minimum atomic E-state index is 0.647. The maximum atomic E-state index is 4.91. The Morgan fingerprint density at radius 2 is 1.75 bits per heavy atom. The lowest BCUT2D eigenvalue weighted by atomic mass is 9.45. The van der Waals surface area contributed by atoms with Gasteiger partial charge in [-0.3, -0.25) is 0 Å². The van der Waals surface area contributed by atoms with Crippen LogP contribution in [0.25, 0.3) is 0 Å². The molecule has 0 amide bonds. The van der Waals surface area contributed by atoms with Crippen molar-refractivity contribution in [2.75, 3.05) is 5.75 Å². The van der Waals surface area contributed by atoms with Crippen LogP contribution in [0.15, 0.2) is 0 Å². The van der Waals surface area contributed by atoms with Gasteiger partial charge in [0.2, 0.25) is 0 Å². The first kappa shape index (κ1) is 14.0. The van der Waals surface area contributed by atoms with E-state index in [2.05, 4.69) is 6.92 Å². The largest absolute Gasteiger partial charge is 0.179 e. The molecule has 0 aromatic rings. The summed E-state index contributed by atoms with van der Waals surface area (Å²) >= 11 is 4.91. The third-order valence-corrected chi connectivity index (χ3v) is 8.95. The molecule has 0 aliphatic heterocycles. The van der Waals surface area contributed by atoms with Crippen LogP contribution in [0.1, 0.15) is 77.6 Å². The molecule has 1 unspecified atom stereocenters. The Balaban J connectivity index is 1.66. The second kappa shape index (κ2) is 4.93. The van der Waals surface area contributed by atoms with E-state index < -0.39 is 0 Å². The monoisotopic (exact) mass is 292 g/mol. The van der Waals surface area contributed by atoms with Gasteiger partial charge in [-0.25, -0.2) is 0 Å². The average molecular weight is 293 g/mol. The summed E-state index contributed by atoms with van der Waals surface area (Å²) < 4.78 is 0. The van der Waals surface area contributed by atoms with E-state index in [1.165, 1.54) is 63.5 Å². The van der Waals surface area contributed by atoms with Crippen molar-refractivity contribution in [1.82, 2.24) is 0 Å². The van der Waals surface area contributed by atoms with Crippen LogP contribution >= 0.6 is 12.6 Å². The van der Waals surface area contributed by atoms with Gasteiger partial charge >= 0.3 is 0 Å². The van der Waals surface area contributed by atoms with E-state index in [0.29, 0.717) is 5.41 Å². The fourth-order valence-electron chi connectivity index (χ4n) is 7.37. The highest BCUT2D eigenvalue weighted by atomic mass is 32.1. The first-order valence-corrected chi connectivity index (χ1v) is 9.94. The molecule has 4 aliphatic carbocycles. The molecule has 114 valence electrons. The van der Waals surface area contributed by atoms with Crippen molar-refractivity contribution in [2.45, 2.75) is 77.6 Å². The van der Waals surface area contributed by atoms with Crippen LogP contribution in [0.3, 0.4) is 0 Å². The van der Waals surface area contributed by atoms with Crippen molar-refractivity contribution in [3.8, 4) is 0 Å². The van der Waals surface area contributed by atoms with Gasteiger partial charge in [0, 0.05) is 0 Å². The summed E-state index contributed by atoms with van der Waals surface area (Å²) in [6.07, 6.45) is 16.8. The molecule has 0 nitrogen and oxygen atoms in total. The molecule has 0 saturated heterocycles. The Kier molecular flexibility index (Phi) is 3.45. The smallest absolute Gasteiger partial charge is 0.00357 e. The van der Waals surface area contributed by atoms with E-state index in [4.69, 9.17) is 12.6 Å². The highest BCUT2D eigenvalue weighted by molar-refractivity contribution is 7.80. The van der Waals surface area contributed by atoms with Gasteiger partial charge in [0.1, 0.15) is 0 Å². The zero-order valence-corrected chi connectivity index (χ0v) is 14.1. The molecule has 4 fully saturated rings. The second-order valence-electron chi connectivity index (χ2n) is 8.87. The van der Waals surface area contributed by atoms with Crippen LogP contribution in [0.4, 0.5) is 0 Å². The Morgan fingerprint density at radius 1 is 0.850 bits per heavy atom. The molecule has 0 heterocycles. The molecule has 4 aliphatic rings. The molecule has 0 aromatic heterocycles. The van der Waals surface area contributed by atoms with Crippen LogP contribution in [0, 0.1) is 34.5 Å². The van der Waals surface area contributed by atoms with Crippen LogP contribution in [-0.2, 0) is 0 Å². The molecule has 20 heavy (non-hydrogen) atoms. The van der Waals surface area contributed by atoms with Crippen molar-refractivity contribution in [1.29, 1.82) is 0 Å². The van der Waals surface area contributed by atoms with Crippen molar-refractivity contribution < 1.29 is 0 Å². The third-order valence-electron chi connectivity index (χ3n) is 8.36. The molecule has 4 rings (SSSR count). The third kappa shape index (κ3) is 1.80. The van der Waals surface area contributed by atoms with E-state index in [9.17, 15) is 0 Å². The molecule has 0 aromatic carbocycles. The Bertz CT molecular complexity index is 378. The summed E-state index contributed by atoms with van der Waals surface area (Å²) in [4.78, 5) is 0. The van der Waals surface area contributed by atoms with Gasteiger partial charge in [0.15, 0.2) is 0 Å². The lowest BCUT2D eigenvalue weighted by Gasteiger charge is -2.60. The molecular weight excluding hydrogens is 260 g/mol. The van der Waals surface area contributed by atoms with Crippen LogP contribution in [0.5, 0.6) is 0 Å². The molecule has 0 N–H and O–H groups in total. The summed E-state index contributed by atoms with van der Waals surface area (Å²) in [6.45, 7) is 2.63. The normalized spacial score (nSPS) is 54.9.